The van der Waals surface area contributed by atoms with Crippen LogP contribution in [0.1, 0.15) is 0 Å². The highest BCUT2D eigenvalue weighted by atomic mass is 32.2. The SMILES string of the molecule is O=c1ccc(-c2ccccc2N2CCOc3cc(S(=O)Nc4nccs4)ccc32)c[nH]1. The van der Waals surface area contributed by atoms with Gasteiger partial charge in [-0.2, -0.15) is 0 Å². The third-order valence-electron chi connectivity index (χ3n) is 4.91. The van der Waals surface area contributed by atoms with E-state index in [-0.39, 0.29) is 5.56 Å². The van der Waals surface area contributed by atoms with E-state index in [1.54, 1.807) is 18.5 Å². The van der Waals surface area contributed by atoms with Gasteiger partial charge in [-0.25, -0.2) is 9.19 Å². The summed E-state index contributed by atoms with van der Waals surface area (Å²) >= 11 is 1.40. The molecule has 4 aromatic rings. The Balaban J connectivity index is 1.49. The van der Waals surface area contributed by atoms with Crippen molar-refractivity contribution in [2.75, 3.05) is 22.8 Å². The van der Waals surface area contributed by atoms with Crippen LogP contribution in [0.4, 0.5) is 16.5 Å². The number of para-hydroxylation sites is 1. The molecule has 1 aliphatic heterocycles. The van der Waals surface area contributed by atoms with Gasteiger partial charge in [0.05, 0.1) is 17.1 Å². The van der Waals surface area contributed by atoms with Gasteiger partial charge in [-0.1, -0.05) is 18.2 Å². The predicted octanol–water partition coefficient (Wildman–Crippen LogP) is 4.16. The molecule has 2 aromatic heterocycles. The molecule has 31 heavy (non-hydrogen) atoms. The Labute approximate surface area is 185 Å². The number of aromatic amines is 1. The van der Waals surface area contributed by atoms with Gasteiger partial charge in [-0.05, 0) is 24.3 Å². The summed E-state index contributed by atoms with van der Waals surface area (Å²) in [6, 6.07) is 16.9. The first-order valence-corrected chi connectivity index (χ1v) is 11.6. The Morgan fingerprint density at radius 3 is 2.84 bits per heavy atom. The van der Waals surface area contributed by atoms with Gasteiger partial charge in [0, 0.05) is 46.7 Å². The van der Waals surface area contributed by atoms with Gasteiger partial charge in [-0.3, -0.25) is 9.52 Å². The van der Waals surface area contributed by atoms with Gasteiger partial charge in [0.1, 0.15) is 12.4 Å². The summed E-state index contributed by atoms with van der Waals surface area (Å²) < 4.78 is 21.5. The second kappa shape index (κ2) is 8.37. The molecular formula is C22H18N4O3S2. The number of thiazole rings is 1. The van der Waals surface area contributed by atoms with Crippen LogP contribution in [0.3, 0.4) is 0 Å². The fraction of sp³-hybridized carbons (Fsp3) is 0.0909. The molecule has 2 aromatic carbocycles. The van der Waals surface area contributed by atoms with Crippen LogP contribution in [0.2, 0.25) is 0 Å². The van der Waals surface area contributed by atoms with E-state index in [2.05, 4.69) is 19.6 Å². The van der Waals surface area contributed by atoms with Crippen LogP contribution >= 0.6 is 11.3 Å². The summed E-state index contributed by atoms with van der Waals surface area (Å²) in [6.07, 6.45) is 3.39. The molecule has 0 bridgehead atoms. The van der Waals surface area contributed by atoms with Crippen molar-refractivity contribution in [1.82, 2.24) is 9.97 Å². The number of rotatable bonds is 5. The molecule has 0 aliphatic carbocycles. The van der Waals surface area contributed by atoms with Crippen molar-refractivity contribution in [2.45, 2.75) is 4.90 Å². The standard InChI is InChI=1S/C22H18N4O3S2/c27-21-8-5-15(14-24-21)17-3-1-2-4-18(17)26-10-11-29-20-13-16(6-7-19(20)26)31(28)25-22-23-9-12-30-22/h1-9,12-14H,10-11H2,(H,23,25)(H,24,27). The van der Waals surface area contributed by atoms with Gasteiger partial charge in [0.2, 0.25) is 5.56 Å². The molecule has 156 valence electrons. The van der Waals surface area contributed by atoms with Crippen molar-refractivity contribution in [3.05, 3.63) is 82.7 Å². The maximum absolute atomic E-state index is 12.7. The molecule has 1 aliphatic rings. The molecule has 0 fully saturated rings. The van der Waals surface area contributed by atoms with E-state index < -0.39 is 11.0 Å². The number of benzene rings is 2. The number of hydrogen-bond donors (Lipinski definition) is 2. The first-order chi connectivity index (χ1) is 15.2. The van der Waals surface area contributed by atoms with Gasteiger partial charge in [0.25, 0.3) is 0 Å². The van der Waals surface area contributed by atoms with Crippen molar-refractivity contribution in [3.63, 3.8) is 0 Å². The quantitative estimate of drug-likeness (QED) is 0.477. The molecule has 0 saturated carbocycles. The van der Waals surface area contributed by atoms with Gasteiger partial charge < -0.3 is 14.6 Å². The number of anilines is 3. The number of fused-ring (bicyclic) bond motifs is 1. The number of aromatic nitrogens is 2. The normalized spacial score (nSPS) is 13.9. The van der Waals surface area contributed by atoms with Crippen molar-refractivity contribution in [3.8, 4) is 16.9 Å². The largest absolute Gasteiger partial charge is 0.489 e. The van der Waals surface area contributed by atoms with Crippen molar-refractivity contribution >= 4 is 38.8 Å². The van der Waals surface area contributed by atoms with Crippen molar-refractivity contribution in [1.29, 1.82) is 0 Å². The summed E-state index contributed by atoms with van der Waals surface area (Å²) in [5, 5.41) is 2.43. The number of hydrogen-bond acceptors (Lipinski definition) is 6. The third-order valence-corrected chi connectivity index (χ3v) is 6.79. The van der Waals surface area contributed by atoms with Crippen LogP contribution in [0, 0.1) is 0 Å². The molecule has 2 N–H and O–H groups in total. The van der Waals surface area contributed by atoms with Crippen LogP contribution in [0.25, 0.3) is 11.1 Å². The predicted molar refractivity (Wildman–Crippen MR) is 124 cm³/mol. The summed E-state index contributed by atoms with van der Waals surface area (Å²) in [4.78, 5) is 21.1. The van der Waals surface area contributed by atoms with Gasteiger partial charge >= 0.3 is 0 Å². The lowest BCUT2D eigenvalue weighted by Crippen LogP contribution is -2.29. The number of nitrogens with zero attached hydrogens (tertiary/aromatic N) is 2. The number of H-pyrrole nitrogens is 1. The first kappa shape index (κ1) is 19.5. The third kappa shape index (κ3) is 3.97. The van der Waals surface area contributed by atoms with Crippen LogP contribution in [0.5, 0.6) is 5.75 Å². The van der Waals surface area contributed by atoms with Gasteiger partial charge in [0.15, 0.2) is 16.1 Å². The van der Waals surface area contributed by atoms with Crippen molar-refractivity contribution in [2.24, 2.45) is 0 Å². The minimum absolute atomic E-state index is 0.134. The summed E-state index contributed by atoms with van der Waals surface area (Å²) in [7, 11) is -1.44. The first-order valence-electron chi connectivity index (χ1n) is 9.59. The molecule has 0 saturated heterocycles. The van der Waals surface area contributed by atoms with E-state index in [1.165, 1.54) is 17.4 Å². The Kier molecular flexibility index (Phi) is 5.27. The second-order valence-electron chi connectivity index (χ2n) is 6.80. The lowest BCUT2D eigenvalue weighted by molar-refractivity contribution is 0.313. The maximum Gasteiger partial charge on any atom is 0.247 e. The lowest BCUT2D eigenvalue weighted by Gasteiger charge is -2.33. The number of pyridine rings is 1. The zero-order chi connectivity index (χ0) is 21.2. The number of nitrogens with one attached hydrogen (secondary N) is 2. The lowest BCUT2D eigenvalue weighted by atomic mass is 10.0. The Bertz CT molecular complexity index is 1280. The fourth-order valence-corrected chi connectivity index (χ4v) is 5.04. The Morgan fingerprint density at radius 1 is 1.13 bits per heavy atom. The highest BCUT2D eigenvalue weighted by Crippen LogP contribution is 2.41. The molecule has 7 nitrogen and oxygen atoms in total. The molecule has 0 radical (unpaired) electrons. The van der Waals surface area contributed by atoms with E-state index in [9.17, 15) is 9.00 Å². The summed E-state index contributed by atoms with van der Waals surface area (Å²) in [5.74, 6) is 0.675. The zero-order valence-electron chi connectivity index (χ0n) is 16.3. The van der Waals surface area contributed by atoms with Gasteiger partial charge in [-0.15, -0.1) is 11.3 Å². The minimum Gasteiger partial charge on any atom is -0.489 e. The molecule has 0 spiro atoms. The van der Waals surface area contributed by atoms with Crippen LogP contribution in [-0.2, 0) is 11.0 Å². The van der Waals surface area contributed by atoms with Crippen LogP contribution in [0.15, 0.2) is 82.1 Å². The molecule has 1 atom stereocenters. The van der Waals surface area contributed by atoms with E-state index >= 15 is 0 Å². The Morgan fingerprint density at radius 2 is 2.03 bits per heavy atom. The topological polar surface area (TPSA) is 87.3 Å². The zero-order valence-corrected chi connectivity index (χ0v) is 17.9. The fourth-order valence-electron chi connectivity index (χ4n) is 3.51. The number of ether oxygens (including phenoxy) is 1. The maximum atomic E-state index is 12.7. The molecule has 1 unspecified atom stereocenters. The Hall–Kier alpha value is -3.43. The van der Waals surface area contributed by atoms with E-state index in [1.807, 2.05) is 47.8 Å². The molecular weight excluding hydrogens is 432 g/mol. The van der Waals surface area contributed by atoms with E-state index in [0.29, 0.717) is 28.9 Å². The minimum atomic E-state index is -1.44. The average molecular weight is 451 g/mol. The molecule has 9 heteroatoms. The average Bonchev–Trinajstić information content (AvgIpc) is 3.32. The van der Waals surface area contributed by atoms with Crippen molar-refractivity contribution < 1.29 is 8.95 Å². The molecule has 5 rings (SSSR count). The highest BCUT2D eigenvalue weighted by molar-refractivity contribution is 7.86. The van der Waals surface area contributed by atoms with Crippen LogP contribution < -0.4 is 19.9 Å². The molecule has 3 heterocycles. The van der Waals surface area contributed by atoms with Crippen LogP contribution in [-0.4, -0.2) is 27.3 Å². The van der Waals surface area contributed by atoms with E-state index in [0.717, 1.165) is 22.5 Å². The second-order valence-corrected chi connectivity index (χ2v) is 8.90. The smallest absolute Gasteiger partial charge is 0.247 e. The monoisotopic (exact) mass is 450 g/mol. The molecule has 0 amide bonds. The van der Waals surface area contributed by atoms with E-state index in [4.69, 9.17) is 4.74 Å². The summed E-state index contributed by atoms with van der Waals surface area (Å²) in [6.45, 7) is 1.18. The summed E-state index contributed by atoms with van der Waals surface area (Å²) in [5.41, 5.74) is 3.70. The highest BCUT2D eigenvalue weighted by Gasteiger charge is 2.23.